The summed E-state index contributed by atoms with van der Waals surface area (Å²) in [4.78, 5) is 0. The molecule has 0 aromatic heterocycles. The van der Waals surface area contributed by atoms with E-state index in [0.717, 1.165) is 0 Å². The first-order valence-corrected chi connectivity index (χ1v) is 2.62. The van der Waals surface area contributed by atoms with E-state index in [0.29, 0.717) is 13.3 Å². The number of rotatable bonds is 3. The van der Waals surface area contributed by atoms with Crippen molar-refractivity contribution in [2.24, 2.45) is 5.73 Å². The highest BCUT2D eigenvalue weighted by molar-refractivity contribution is 4.17. The largest absolute Gasteiger partial charge is 0.395 e. The molecule has 0 aliphatic carbocycles. The number of aliphatic hydroxyl groups excluding tert-OH is 1. The maximum absolute atomic E-state index is 7.75. The van der Waals surface area contributed by atoms with E-state index in [-0.39, 0.29) is 6.61 Å². The van der Waals surface area contributed by atoms with Crippen molar-refractivity contribution >= 4 is 0 Å². The molecule has 0 unspecified atom stereocenters. The zero-order valence-corrected chi connectivity index (χ0v) is 5.96. The van der Waals surface area contributed by atoms with Gasteiger partial charge in [0.15, 0.2) is 0 Å². The van der Waals surface area contributed by atoms with Crippen LogP contribution >= 0.6 is 0 Å². The molecule has 0 radical (unpaired) electrons. The van der Waals surface area contributed by atoms with Crippen molar-refractivity contribution in [3.8, 4) is 0 Å². The van der Waals surface area contributed by atoms with Gasteiger partial charge in [-0.15, -0.1) is 0 Å². The first-order chi connectivity index (χ1) is 4.33. The Morgan fingerprint density at radius 2 is 1.67 bits per heavy atom. The number of ether oxygens (including phenoxy) is 2. The van der Waals surface area contributed by atoms with Crippen LogP contribution < -0.4 is 5.73 Å². The van der Waals surface area contributed by atoms with Crippen LogP contribution in [0.2, 0.25) is 0 Å². The van der Waals surface area contributed by atoms with Gasteiger partial charge in [0.05, 0.1) is 6.61 Å². The zero-order valence-electron chi connectivity index (χ0n) is 5.96. The van der Waals surface area contributed by atoms with Crippen LogP contribution in [0.5, 0.6) is 0 Å². The van der Waals surface area contributed by atoms with Gasteiger partial charge in [-0.05, 0) is 0 Å². The molecule has 0 spiro atoms. The third kappa shape index (κ3) is 33.2. The minimum Gasteiger partial charge on any atom is -0.395 e. The van der Waals surface area contributed by atoms with Crippen LogP contribution in [0.25, 0.3) is 0 Å². The molecular weight excluding hydrogens is 122 g/mol. The maximum atomic E-state index is 7.75. The third-order valence-electron chi connectivity index (χ3n) is 0.365. The molecule has 0 aromatic carbocycles. The Labute approximate surface area is 55.6 Å². The zero-order chi connectivity index (χ0) is 7.54. The van der Waals surface area contributed by atoms with Gasteiger partial charge in [0, 0.05) is 20.8 Å². The molecule has 58 valence electrons. The van der Waals surface area contributed by atoms with Crippen LogP contribution in [0.15, 0.2) is 0 Å². The van der Waals surface area contributed by atoms with Crippen molar-refractivity contribution in [1.82, 2.24) is 0 Å². The summed E-state index contributed by atoms with van der Waals surface area (Å²) >= 11 is 0. The minimum absolute atomic E-state index is 0.0972. The third-order valence-corrected chi connectivity index (χ3v) is 0.365. The van der Waals surface area contributed by atoms with Crippen LogP contribution in [0.3, 0.4) is 0 Å². The molecule has 0 rings (SSSR count). The summed E-state index contributed by atoms with van der Waals surface area (Å²) in [5.41, 5.74) is 4.78. The molecule has 3 N–H and O–H groups in total. The van der Waals surface area contributed by atoms with Crippen LogP contribution in [-0.2, 0) is 9.47 Å². The standard InChI is InChI=1S/C3H8O2.C2H7NO/c1-4-3-5-2;3-1-2-4/h3H2,1-2H3;4H,1-3H2. The lowest BCUT2D eigenvalue weighted by Gasteiger charge is -1.87. The number of methoxy groups -OCH3 is 2. The van der Waals surface area contributed by atoms with E-state index >= 15 is 0 Å². The minimum atomic E-state index is 0.0972. The molecule has 0 aromatic rings. The molecule has 0 saturated carbocycles. The van der Waals surface area contributed by atoms with Gasteiger partial charge in [-0.2, -0.15) is 0 Å². The van der Waals surface area contributed by atoms with Gasteiger partial charge in [0.25, 0.3) is 0 Å². The SMILES string of the molecule is COCOC.NCCO. The lowest BCUT2D eigenvalue weighted by molar-refractivity contribution is -0.00271. The van der Waals surface area contributed by atoms with Crippen LogP contribution in [0.4, 0.5) is 0 Å². The van der Waals surface area contributed by atoms with Gasteiger partial charge in [0.1, 0.15) is 6.79 Å². The normalized spacial score (nSPS) is 8.00. The Kier molecular flexibility index (Phi) is 20.2. The van der Waals surface area contributed by atoms with Crippen molar-refractivity contribution in [1.29, 1.82) is 0 Å². The molecule has 0 amide bonds. The summed E-state index contributed by atoms with van der Waals surface area (Å²) in [6.07, 6.45) is 0. The number of nitrogens with two attached hydrogens (primary N) is 1. The van der Waals surface area contributed by atoms with Gasteiger partial charge < -0.3 is 20.3 Å². The summed E-state index contributed by atoms with van der Waals surface area (Å²) in [6.45, 7) is 0.861. The number of hydrogen-bond donors (Lipinski definition) is 2. The number of hydrogen-bond acceptors (Lipinski definition) is 4. The Morgan fingerprint density at radius 1 is 1.33 bits per heavy atom. The van der Waals surface area contributed by atoms with Crippen LogP contribution in [-0.4, -0.2) is 39.3 Å². The van der Waals surface area contributed by atoms with E-state index in [1.165, 1.54) is 0 Å². The van der Waals surface area contributed by atoms with Crippen LogP contribution in [0, 0.1) is 0 Å². The van der Waals surface area contributed by atoms with Crippen molar-refractivity contribution in [2.45, 2.75) is 0 Å². The molecule has 4 nitrogen and oxygen atoms in total. The van der Waals surface area contributed by atoms with Crippen molar-refractivity contribution in [3.63, 3.8) is 0 Å². The van der Waals surface area contributed by atoms with Gasteiger partial charge in [0.2, 0.25) is 0 Å². The van der Waals surface area contributed by atoms with Crippen molar-refractivity contribution in [2.75, 3.05) is 34.2 Å². The Hall–Kier alpha value is -0.160. The summed E-state index contributed by atoms with van der Waals surface area (Å²) in [5.74, 6) is 0. The molecule has 0 fully saturated rings. The van der Waals surface area contributed by atoms with E-state index < -0.39 is 0 Å². The lowest BCUT2D eigenvalue weighted by atomic mass is 10.8. The molecule has 0 aliphatic heterocycles. The average molecular weight is 137 g/mol. The van der Waals surface area contributed by atoms with E-state index in [1.807, 2.05) is 0 Å². The fraction of sp³-hybridized carbons (Fsp3) is 1.00. The maximum Gasteiger partial charge on any atom is 0.145 e. The second-order valence-electron chi connectivity index (χ2n) is 1.21. The molecule has 4 heteroatoms. The fourth-order valence-electron chi connectivity index (χ4n) is 0.118. The highest BCUT2D eigenvalue weighted by Crippen LogP contribution is 1.60. The lowest BCUT2D eigenvalue weighted by Crippen LogP contribution is -2.02. The summed E-state index contributed by atoms with van der Waals surface area (Å²) in [6, 6.07) is 0. The molecule has 0 bridgehead atoms. The molecule has 0 saturated heterocycles. The summed E-state index contributed by atoms with van der Waals surface area (Å²) in [7, 11) is 3.17. The molecule has 0 aliphatic rings. The second-order valence-corrected chi connectivity index (χ2v) is 1.21. The molecule has 9 heavy (non-hydrogen) atoms. The molecule has 0 heterocycles. The summed E-state index contributed by atoms with van der Waals surface area (Å²) in [5, 5.41) is 7.75. The number of aliphatic hydroxyl groups is 1. The van der Waals surface area contributed by atoms with Crippen LogP contribution in [0.1, 0.15) is 0 Å². The smallest absolute Gasteiger partial charge is 0.145 e. The van der Waals surface area contributed by atoms with Gasteiger partial charge in [-0.25, -0.2) is 0 Å². The van der Waals surface area contributed by atoms with E-state index in [9.17, 15) is 0 Å². The Morgan fingerprint density at radius 3 is 1.67 bits per heavy atom. The monoisotopic (exact) mass is 137 g/mol. The van der Waals surface area contributed by atoms with Gasteiger partial charge >= 0.3 is 0 Å². The van der Waals surface area contributed by atoms with Gasteiger partial charge in [-0.3, -0.25) is 0 Å². The highest BCUT2D eigenvalue weighted by atomic mass is 16.6. The Balaban J connectivity index is 0. The second kappa shape index (κ2) is 15.7. The quantitative estimate of drug-likeness (QED) is 0.498. The van der Waals surface area contributed by atoms with E-state index in [1.54, 1.807) is 14.2 Å². The topological polar surface area (TPSA) is 64.7 Å². The van der Waals surface area contributed by atoms with Crippen molar-refractivity contribution < 1.29 is 14.6 Å². The first-order valence-electron chi connectivity index (χ1n) is 2.62. The van der Waals surface area contributed by atoms with Gasteiger partial charge in [-0.1, -0.05) is 0 Å². The molecular formula is C5H15NO3. The Bertz CT molecular complexity index is 31.4. The predicted octanol–water partition coefficient (Wildman–Crippen LogP) is -0.826. The first kappa shape index (κ1) is 11.6. The fourth-order valence-corrected chi connectivity index (χ4v) is 0.118. The van der Waals surface area contributed by atoms with E-state index in [2.05, 4.69) is 9.47 Å². The van der Waals surface area contributed by atoms with Crippen molar-refractivity contribution in [3.05, 3.63) is 0 Å². The molecule has 0 atom stereocenters. The average Bonchev–Trinajstić information content (AvgIpc) is 1.91. The van der Waals surface area contributed by atoms with E-state index in [4.69, 9.17) is 10.8 Å². The summed E-state index contributed by atoms with van der Waals surface area (Å²) < 4.78 is 8.94. The predicted molar refractivity (Wildman–Crippen MR) is 35.0 cm³/mol. The highest BCUT2D eigenvalue weighted by Gasteiger charge is 1.63.